The van der Waals surface area contributed by atoms with Crippen molar-refractivity contribution in [1.29, 1.82) is 0 Å². The Morgan fingerprint density at radius 1 is 1.18 bits per heavy atom. The lowest BCUT2D eigenvalue weighted by molar-refractivity contribution is -0.129. The number of amides is 1. The van der Waals surface area contributed by atoms with Crippen LogP contribution in [-0.2, 0) is 9.53 Å². The molecule has 1 aliphatic carbocycles. The number of halogens is 3. The number of hydrogen-bond acceptors (Lipinski definition) is 11. The van der Waals surface area contributed by atoms with Gasteiger partial charge in [-0.25, -0.2) is 18.2 Å². The zero-order valence-electron chi connectivity index (χ0n) is 33.8. The van der Waals surface area contributed by atoms with E-state index in [-0.39, 0.29) is 88.8 Å². The molecule has 8 rings (SSSR count). The maximum atomic E-state index is 17.1. The predicted octanol–water partition coefficient (Wildman–Crippen LogP) is 7.19. The van der Waals surface area contributed by atoms with Gasteiger partial charge in [0.2, 0.25) is 5.91 Å². The molecule has 1 amide bonds. The van der Waals surface area contributed by atoms with Crippen molar-refractivity contribution >= 4 is 44.9 Å². The number of aromatic hydroxyl groups is 1. The normalized spacial score (nSPS) is 21.3. The van der Waals surface area contributed by atoms with Gasteiger partial charge in [-0.1, -0.05) is 31.4 Å². The molecule has 3 aromatic heterocycles. The van der Waals surface area contributed by atoms with Crippen LogP contribution in [0.2, 0.25) is 0 Å². The maximum absolute atomic E-state index is 17.1. The lowest BCUT2D eigenvalue weighted by Gasteiger charge is -2.38. The number of morpholine rings is 1. The summed E-state index contributed by atoms with van der Waals surface area (Å²) >= 11 is 0. The number of carbonyl (C=O) groups excluding carboxylic acids is 1. The smallest absolute Gasteiger partial charge is 0.319 e. The molecule has 3 atom stereocenters. The molecular weight excluding hydrogens is 774 g/mol. The highest BCUT2D eigenvalue weighted by Crippen LogP contribution is 2.41. The van der Waals surface area contributed by atoms with E-state index in [1.807, 2.05) is 24.0 Å². The molecule has 2 aliphatic heterocycles. The molecule has 2 aromatic carbocycles. The van der Waals surface area contributed by atoms with Crippen LogP contribution in [0, 0.1) is 24.0 Å². The van der Waals surface area contributed by atoms with Crippen molar-refractivity contribution in [3.05, 3.63) is 78.6 Å². The summed E-state index contributed by atoms with van der Waals surface area (Å²) in [6, 6.07) is 9.14. The van der Waals surface area contributed by atoms with Gasteiger partial charge in [-0.15, -0.1) is 6.42 Å². The minimum Gasteiger partial charge on any atom is -0.508 e. The van der Waals surface area contributed by atoms with Crippen LogP contribution in [-0.4, -0.2) is 106 Å². The fourth-order valence-corrected chi connectivity index (χ4v) is 9.08. The number of ether oxygens (including phenoxy) is 2. The molecule has 5 aromatic rings. The van der Waals surface area contributed by atoms with Gasteiger partial charge in [0.25, 0.3) is 0 Å². The average molecular weight is 821 g/mol. The molecule has 3 fully saturated rings. The largest absolute Gasteiger partial charge is 0.508 e. The molecule has 0 unspecified atom stereocenters. The highest BCUT2D eigenvalue weighted by atomic mass is 19.1. The Bertz CT molecular complexity index is 2510. The molecule has 12 nitrogen and oxygen atoms in total. The van der Waals surface area contributed by atoms with E-state index in [0.717, 1.165) is 43.7 Å². The van der Waals surface area contributed by atoms with Crippen LogP contribution in [0.15, 0.2) is 61.4 Å². The van der Waals surface area contributed by atoms with Gasteiger partial charge in [-0.2, -0.15) is 9.97 Å². The molecule has 15 heteroatoms. The molecule has 0 radical (unpaired) electrons. The molecule has 1 saturated carbocycles. The highest BCUT2D eigenvalue weighted by molar-refractivity contribution is 6.03. The molecule has 60 heavy (non-hydrogen) atoms. The molecule has 2 saturated heterocycles. The summed E-state index contributed by atoms with van der Waals surface area (Å²) in [5, 5.41) is 14.8. The number of pyridine rings is 2. The monoisotopic (exact) mass is 820 g/mol. The second-order valence-corrected chi connectivity index (χ2v) is 16.3. The number of rotatable bonds is 11. The third-order valence-corrected chi connectivity index (χ3v) is 12.4. The van der Waals surface area contributed by atoms with Crippen molar-refractivity contribution in [2.75, 3.05) is 61.6 Å². The number of phenols is 1. The highest BCUT2D eigenvalue weighted by Gasteiger charge is 2.44. The van der Waals surface area contributed by atoms with E-state index in [1.165, 1.54) is 36.5 Å². The fourth-order valence-electron chi connectivity index (χ4n) is 9.08. The minimum absolute atomic E-state index is 0.0627. The van der Waals surface area contributed by atoms with Crippen molar-refractivity contribution in [2.24, 2.45) is 0 Å². The first-order chi connectivity index (χ1) is 28.8. The Morgan fingerprint density at radius 3 is 2.70 bits per heavy atom. The number of carbonyl (C=O) groups is 1. The second kappa shape index (κ2) is 16.1. The molecule has 5 heterocycles. The van der Waals surface area contributed by atoms with Crippen molar-refractivity contribution < 1.29 is 32.5 Å². The van der Waals surface area contributed by atoms with Crippen LogP contribution in [0.3, 0.4) is 0 Å². The van der Waals surface area contributed by atoms with Gasteiger partial charge in [-0.3, -0.25) is 9.78 Å². The molecule has 3 aliphatic rings. The number of anilines is 3. The molecule has 0 bridgehead atoms. The summed E-state index contributed by atoms with van der Waals surface area (Å²) in [5.74, 6) is 1.35. The number of hydrogen-bond donors (Lipinski definition) is 2. The van der Waals surface area contributed by atoms with Crippen molar-refractivity contribution in [2.45, 2.75) is 69.2 Å². The third-order valence-electron chi connectivity index (χ3n) is 12.4. The number of terminal acetylenes is 1. The summed E-state index contributed by atoms with van der Waals surface area (Å²) in [6.45, 7) is 9.88. The van der Waals surface area contributed by atoms with E-state index in [0.29, 0.717) is 18.6 Å². The summed E-state index contributed by atoms with van der Waals surface area (Å²) in [5.41, 5.74) is -1.19. The lowest BCUT2D eigenvalue weighted by Crippen LogP contribution is -2.51. The first kappa shape index (κ1) is 40.6. The van der Waals surface area contributed by atoms with Crippen molar-refractivity contribution in [1.82, 2.24) is 24.8 Å². The topological polar surface area (TPSA) is 129 Å². The van der Waals surface area contributed by atoms with E-state index in [1.54, 1.807) is 18.1 Å². The van der Waals surface area contributed by atoms with Gasteiger partial charge >= 0.3 is 6.01 Å². The van der Waals surface area contributed by atoms with Crippen molar-refractivity contribution in [3.63, 3.8) is 0 Å². The standard InChI is InChI=1S/C45H47F3N8O4/c1-6-32-35(47)12-10-28-18-31(57)19-33(38(28)32)40-39(48)41-34(22-50-40)42(51-25-45(14-8-9-15-45)54(5)37(58)7-2)53-43(52-41)60-26-44(4)20-29(46)23-56(44)30-11-13-36(49-21-30)55-16-17-59-24-27(55)3/h1,7,10-13,18-19,21-22,27,29,57H,2,8-9,14-17,20,23-26H2,3-5H3,(H,51,52,53)/t27-,29-,44+/m1/s1. The first-order valence-corrected chi connectivity index (χ1v) is 20.1. The molecule has 2 N–H and O–H groups in total. The second-order valence-electron chi connectivity index (χ2n) is 16.3. The minimum atomic E-state index is -1.16. The van der Waals surface area contributed by atoms with Crippen LogP contribution in [0.25, 0.3) is 32.9 Å². The van der Waals surface area contributed by atoms with Crippen molar-refractivity contribution in [3.8, 4) is 35.4 Å². The van der Waals surface area contributed by atoms with E-state index in [9.17, 15) is 9.90 Å². The summed E-state index contributed by atoms with van der Waals surface area (Å²) in [7, 11) is 1.74. The Kier molecular flexibility index (Phi) is 10.9. The predicted molar refractivity (Wildman–Crippen MR) is 225 cm³/mol. The number of fused-ring (bicyclic) bond motifs is 2. The Morgan fingerprint density at radius 2 is 1.98 bits per heavy atom. The Labute approximate surface area is 346 Å². The van der Waals surface area contributed by atoms with Crippen LogP contribution < -0.4 is 19.9 Å². The molecule has 312 valence electrons. The van der Waals surface area contributed by atoms with Gasteiger partial charge in [-0.05, 0) is 68.5 Å². The fraction of sp³-hybridized carbons (Fsp3) is 0.400. The maximum Gasteiger partial charge on any atom is 0.319 e. The van der Waals surface area contributed by atoms with E-state index < -0.39 is 28.9 Å². The number of phenolic OH excluding ortho intramolecular Hbond substituents is 1. The molecular formula is C45H47F3N8O4. The average Bonchev–Trinajstić information content (AvgIpc) is 3.86. The number of aromatic nitrogens is 4. The Hall–Kier alpha value is -6.14. The zero-order valence-corrected chi connectivity index (χ0v) is 33.8. The van der Waals surface area contributed by atoms with E-state index >= 15 is 13.2 Å². The Balaban J connectivity index is 1.17. The van der Waals surface area contributed by atoms with E-state index in [4.69, 9.17) is 25.9 Å². The summed E-state index contributed by atoms with van der Waals surface area (Å²) in [4.78, 5) is 37.1. The SMILES string of the molecule is C#Cc1c(F)ccc2cc(O)cc(-c3ncc4c(NCC5(N(C)C(=O)C=C)CCCC5)nc(OC[C@]5(C)C[C@@H](F)CN5c5ccc(N6CCOC[C@H]6C)nc5)nc4c3F)c12. The van der Waals surface area contributed by atoms with Gasteiger partial charge < -0.3 is 34.6 Å². The van der Waals surface area contributed by atoms with Crippen LogP contribution in [0.1, 0.15) is 51.5 Å². The van der Waals surface area contributed by atoms with Gasteiger partial charge in [0.15, 0.2) is 5.82 Å². The molecule has 0 spiro atoms. The van der Waals surface area contributed by atoms with Gasteiger partial charge in [0.05, 0.1) is 59.7 Å². The van der Waals surface area contributed by atoms with Crippen LogP contribution in [0.5, 0.6) is 11.8 Å². The van der Waals surface area contributed by atoms with Gasteiger partial charge in [0.1, 0.15) is 47.2 Å². The summed E-state index contributed by atoms with van der Waals surface area (Å²) < 4.78 is 59.4. The first-order valence-electron chi connectivity index (χ1n) is 20.1. The lowest BCUT2D eigenvalue weighted by atomic mass is 9.95. The number of alkyl halides is 1. The van der Waals surface area contributed by atoms with E-state index in [2.05, 4.69) is 39.6 Å². The van der Waals surface area contributed by atoms with Gasteiger partial charge in [0, 0.05) is 43.7 Å². The number of benzene rings is 2. The zero-order chi connectivity index (χ0) is 42.3. The van der Waals surface area contributed by atoms with Crippen LogP contribution >= 0.6 is 0 Å². The van der Waals surface area contributed by atoms with Crippen LogP contribution in [0.4, 0.5) is 30.5 Å². The summed E-state index contributed by atoms with van der Waals surface area (Å²) in [6.07, 6.45) is 12.4. The number of nitrogens with one attached hydrogen (secondary N) is 1. The quantitative estimate of drug-likeness (QED) is 0.104. The number of likely N-dealkylation sites (N-methyl/N-ethyl adjacent to an activating group) is 1. The number of nitrogens with zero attached hydrogens (tertiary/aromatic N) is 7. The third kappa shape index (κ3) is 7.38.